The van der Waals surface area contributed by atoms with Crippen molar-refractivity contribution < 1.29 is 50.7 Å². The SMILES string of the molecule is CC(C)N(O)C(C)C.CC1(C)C=NC(C)(C)N1O.CC1(C)CCC(C)(C)N1O.CC1(C)CCCC(C)(C)N1O.CC1(C)CCOC(C)(C)N1O.CC1(C)COC(C)(C)N1O.CC1(C)COCC(C)(C)N1O. The molecule has 6 rings (SSSR count). The number of nitrogens with zero attached hydrogens (tertiary/aromatic N) is 8. The van der Waals surface area contributed by atoms with Gasteiger partial charge in [0.05, 0.1) is 48.6 Å². The Kier molecular flexibility index (Phi) is 24.6. The molecule has 0 aliphatic carbocycles. The van der Waals surface area contributed by atoms with Crippen molar-refractivity contribution in [3.63, 3.8) is 0 Å². The standard InChI is InChI=1S/C9H19NO.2C8H17NO2.C8H17NO.C7H14N2O.C7H15NO2.C6H15NO/c1-8(2)6-5-7-9(3,4)10(8)11;1-7(2)5-11-6-8(3,4)9(7)10;1-7(2)5-6-11-8(3,4)9(7)10;1-7(2)5-6-8(3,4)9(7)10;1-6(2)5-8-7(3,4)9(6)10;1-6(2)5-10-7(3,4)8(6)9;1-5(2)7(8)6(3)4/h11H,5-7H2,1-4H3;2*10H,5-6H2,1-4H3;10H,5-6H2,1-4H3;5,10H,1-4H3;9H,5H2,1-4H3;5-6,8H,1-4H3. The molecular formula is C53H114N8O10. The van der Waals surface area contributed by atoms with Crippen LogP contribution < -0.4 is 0 Å². The fourth-order valence-electron chi connectivity index (χ4n) is 9.50. The highest BCUT2D eigenvalue weighted by atomic mass is 16.6. The molecule has 0 spiro atoms. The average Bonchev–Trinajstić information content (AvgIpc) is 3.62. The Morgan fingerprint density at radius 2 is 0.718 bits per heavy atom. The van der Waals surface area contributed by atoms with Gasteiger partial charge in [-0.3, -0.25) is 4.99 Å². The lowest BCUT2D eigenvalue weighted by atomic mass is 9.82. The van der Waals surface area contributed by atoms with E-state index in [4.69, 9.17) is 19.4 Å². The van der Waals surface area contributed by atoms with Crippen LogP contribution in [-0.4, -0.2) is 184 Å². The molecule has 0 amide bonds. The third-order valence-corrected chi connectivity index (χ3v) is 14.2. The molecule has 6 aliphatic heterocycles. The van der Waals surface area contributed by atoms with Gasteiger partial charge in [0, 0.05) is 46.0 Å². The van der Waals surface area contributed by atoms with E-state index >= 15 is 0 Å². The molecule has 18 nitrogen and oxygen atoms in total. The molecule has 6 aliphatic rings. The van der Waals surface area contributed by atoms with E-state index in [1.54, 1.807) is 6.21 Å². The number of morpholine rings is 1. The van der Waals surface area contributed by atoms with Gasteiger partial charge in [-0.25, -0.2) is 0 Å². The molecule has 0 unspecified atom stereocenters. The fraction of sp³-hybridized carbons (Fsp3) is 0.981. The summed E-state index contributed by atoms with van der Waals surface area (Å²) in [5.74, 6) is 0. The number of ether oxygens (including phenoxy) is 3. The van der Waals surface area contributed by atoms with E-state index in [9.17, 15) is 31.2 Å². The van der Waals surface area contributed by atoms with E-state index in [2.05, 4.69) is 60.4 Å². The monoisotopic (exact) mass is 1020 g/mol. The topological polar surface area (TPSA) is 204 Å². The summed E-state index contributed by atoms with van der Waals surface area (Å²) in [6, 6.07) is 0.463. The molecule has 7 N–H and O–H groups in total. The smallest absolute Gasteiger partial charge is 0.138 e. The van der Waals surface area contributed by atoms with E-state index in [1.165, 1.54) is 41.9 Å². The second kappa shape index (κ2) is 25.0. The zero-order valence-corrected chi connectivity index (χ0v) is 50.7. The van der Waals surface area contributed by atoms with E-state index in [0.29, 0.717) is 19.8 Å². The number of rotatable bonds is 2. The normalized spacial score (nSPS) is 28.3. The fourth-order valence-corrected chi connectivity index (χ4v) is 9.50. The first kappa shape index (κ1) is 70.0. The molecule has 5 saturated heterocycles. The Balaban J connectivity index is 0.000000807. The third kappa shape index (κ3) is 20.1. The number of hydrogen-bond acceptors (Lipinski definition) is 18. The molecule has 0 aromatic carbocycles. The van der Waals surface area contributed by atoms with Crippen LogP contribution in [0.4, 0.5) is 0 Å². The van der Waals surface area contributed by atoms with Crippen LogP contribution in [0.3, 0.4) is 0 Å². The second-order valence-corrected chi connectivity index (χ2v) is 28.0. The Morgan fingerprint density at radius 3 is 0.901 bits per heavy atom. The first-order chi connectivity index (χ1) is 31.2. The molecule has 5 fully saturated rings. The maximum Gasteiger partial charge on any atom is 0.138 e. The van der Waals surface area contributed by atoms with Gasteiger partial charge in [0.2, 0.25) is 0 Å². The first-order valence-corrected chi connectivity index (χ1v) is 26.1. The maximum absolute atomic E-state index is 9.80. The van der Waals surface area contributed by atoms with Crippen LogP contribution in [0.5, 0.6) is 0 Å². The lowest BCUT2D eigenvalue weighted by Crippen LogP contribution is -2.61. The van der Waals surface area contributed by atoms with Crippen molar-refractivity contribution in [2.45, 2.75) is 311 Å². The van der Waals surface area contributed by atoms with E-state index in [-0.39, 0.29) is 61.9 Å². The highest BCUT2D eigenvalue weighted by Crippen LogP contribution is 2.39. The van der Waals surface area contributed by atoms with Crippen molar-refractivity contribution in [3.8, 4) is 0 Å². The van der Waals surface area contributed by atoms with Crippen LogP contribution in [-0.2, 0) is 14.2 Å². The molecule has 0 aromatic heterocycles. The van der Waals surface area contributed by atoms with Gasteiger partial charge in [-0.15, -0.1) is 0 Å². The number of hydroxylamine groups is 14. The van der Waals surface area contributed by atoms with Crippen LogP contribution >= 0.6 is 0 Å². The van der Waals surface area contributed by atoms with Crippen molar-refractivity contribution >= 4 is 6.21 Å². The molecule has 0 radical (unpaired) electrons. The summed E-state index contributed by atoms with van der Waals surface area (Å²) in [5.41, 5.74) is -2.90. The Morgan fingerprint density at radius 1 is 0.408 bits per heavy atom. The van der Waals surface area contributed by atoms with E-state index < -0.39 is 17.1 Å². The predicted molar refractivity (Wildman–Crippen MR) is 284 cm³/mol. The quantitative estimate of drug-likeness (QED) is 0.129. The van der Waals surface area contributed by atoms with Crippen LogP contribution in [0.25, 0.3) is 0 Å². The molecule has 0 atom stereocenters. The van der Waals surface area contributed by atoms with Gasteiger partial charge >= 0.3 is 0 Å². The highest BCUT2D eigenvalue weighted by molar-refractivity contribution is 5.71. The van der Waals surface area contributed by atoms with Gasteiger partial charge < -0.3 is 50.7 Å². The van der Waals surface area contributed by atoms with Crippen LogP contribution in [0.2, 0.25) is 0 Å². The van der Waals surface area contributed by atoms with E-state index in [1.807, 2.05) is 138 Å². The molecular weight excluding hydrogens is 909 g/mol. The van der Waals surface area contributed by atoms with Gasteiger partial charge in [0.25, 0.3) is 0 Å². The van der Waals surface area contributed by atoms with Gasteiger partial charge in [-0.2, -0.15) is 35.4 Å². The largest absolute Gasteiger partial charge is 0.377 e. The molecule has 0 aromatic rings. The van der Waals surface area contributed by atoms with Gasteiger partial charge in [0.1, 0.15) is 17.1 Å². The Bertz CT molecular complexity index is 1400. The lowest BCUT2D eigenvalue weighted by molar-refractivity contribution is -0.335. The molecule has 18 heteroatoms. The summed E-state index contributed by atoms with van der Waals surface area (Å²) < 4.78 is 16.1. The van der Waals surface area contributed by atoms with Crippen molar-refractivity contribution in [2.24, 2.45) is 4.99 Å². The second-order valence-electron chi connectivity index (χ2n) is 28.0. The van der Waals surface area contributed by atoms with Gasteiger partial charge in [0.15, 0.2) is 0 Å². The van der Waals surface area contributed by atoms with Crippen molar-refractivity contribution in [1.82, 2.24) is 35.4 Å². The predicted octanol–water partition coefficient (Wildman–Crippen LogP) is 11.3. The zero-order valence-electron chi connectivity index (χ0n) is 50.7. The van der Waals surface area contributed by atoms with Gasteiger partial charge in [-0.1, -0.05) is 0 Å². The summed E-state index contributed by atoms with van der Waals surface area (Å²) in [4.78, 5) is 4.15. The average molecular weight is 1020 g/mol. The molecule has 6 heterocycles. The Hall–Kier alpha value is -1.01. The summed E-state index contributed by atoms with van der Waals surface area (Å²) in [7, 11) is 0. The van der Waals surface area contributed by atoms with Gasteiger partial charge in [-0.05, 0) is 232 Å². The number of piperidine rings is 1. The lowest BCUT2D eigenvalue weighted by Gasteiger charge is -2.48. The van der Waals surface area contributed by atoms with Crippen molar-refractivity contribution in [1.29, 1.82) is 0 Å². The molecule has 426 valence electrons. The highest BCUT2D eigenvalue weighted by Gasteiger charge is 2.47. The molecule has 0 bridgehead atoms. The number of aliphatic imine (C=N–C) groups is 1. The Labute approximate surface area is 434 Å². The molecule has 0 saturated carbocycles. The minimum absolute atomic E-state index is 0.0243. The summed E-state index contributed by atoms with van der Waals surface area (Å²) in [6.45, 7) is 57.8. The number of hydrogen-bond donors (Lipinski definition) is 7. The van der Waals surface area contributed by atoms with Crippen LogP contribution in [0, 0.1) is 0 Å². The summed E-state index contributed by atoms with van der Waals surface area (Å²) in [5, 5.41) is 76.4. The van der Waals surface area contributed by atoms with Crippen LogP contribution in [0.1, 0.15) is 232 Å². The van der Waals surface area contributed by atoms with Crippen LogP contribution in [0.15, 0.2) is 4.99 Å². The maximum atomic E-state index is 9.80. The summed E-state index contributed by atoms with van der Waals surface area (Å²) >= 11 is 0. The zero-order chi connectivity index (χ0) is 56.8. The summed E-state index contributed by atoms with van der Waals surface area (Å²) in [6.07, 6.45) is 8.20. The minimum Gasteiger partial charge on any atom is -0.377 e. The minimum atomic E-state index is -0.540. The molecule has 71 heavy (non-hydrogen) atoms. The third-order valence-electron chi connectivity index (χ3n) is 14.2. The van der Waals surface area contributed by atoms with Crippen molar-refractivity contribution in [3.05, 3.63) is 0 Å². The van der Waals surface area contributed by atoms with E-state index in [0.717, 1.165) is 38.7 Å². The van der Waals surface area contributed by atoms with Crippen molar-refractivity contribution in [2.75, 3.05) is 26.4 Å². The first-order valence-electron chi connectivity index (χ1n) is 26.1.